The van der Waals surface area contributed by atoms with E-state index in [2.05, 4.69) is 10.3 Å². The molecule has 0 aliphatic carbocycles. The average Bonchev–Trinajstić information content (AvgIpc) is 2.54. The van der Waals surface area contributed by atoms with E-state index in [4.69, 9.17) is 4.74 Å². The average molecular weight is 306 g/mol. The molecule has 1 heterocycles. The third kappa shape index (κ3) is 3.66. The predicted molar refractivity (Wildman–Crippen MR) is 91.8 cm³/mol. The summed E-state index contributed by atoms with van der Waals surface area (Å²) in [7, 11) is 0. The van der Waals surface area contributed by atoms with Gasteiger partial charge in [-0.25, -0.2) is 0 Å². The summed E-state index contributed by atoms with van der Waals surface area (Å²) < 4.78 is 5.58. The summed E-state index contributed by atoms with van der Waals surface area (Å²) in [6, 6.07) is 15.6. The first-order chi connectivity index (χ1) is 11.1. The Balaban J connectivity index is 1.64. The van der Waals surface area contributed by atoms with Crippen LogP contribution < -0.4 is 10.1 Å². The number of anilines is 1. The summed E-state index contributed by atoms with van der Waals surface area (Å²) in [5.41, 5.74) is 3.75. The highest BCUT2D eigenvalue weighted by atomic mass is 16.5. The third-order valence-electron chi connectivity index (χ3n) is 3.56. The topological polar surface area (TPSA) is 51.2 Å². The molecule has 116 valence electrons. The van der Waals surface area contributed by atoms with Crippen molar-refractivity contribution in [2.24, 2.45) is 0 Å². The molecule has 0 atom stereocenters. The molecule has 0 aliphatic rings. The number of fused-ring (bicyclic) bond motifs is 1. The van der Waals surface area contributed by atoms with Gasteiger partial charge in [0.2, 0.25) is 0 Å². The number of pyridine rings is 1. The van der Waals surface area contributed by atoms with Crippen LogP contribution >= 0.6 is 0 Å². The molecule has 2 aromatic carbocycles. The third-order valence-corrected chi connectivity index (χ3v) is 3.56. The zero-order chi connectivity index (χ0) is 16.2. The fraction of sp³-hybridized carbons (Fsp3) is 0.158. The fourth-order valence-electron chi connectivity index (χ4n) is 2.44. The van der Waals surface area contributed by atoms with E-state index >= 15 is 0 Å². The van der Waals surface area contributed by atoms with Gasteiger partial charge in [0, 0.05) is 5.39 Å². The first kappa shape index (κ1) is 15.0. The monoisotopic (exact) mass is 306 g/mol. The van der Waals surface area contributed by atoms with Crippen molar-refractivity contribution in [2.75, 3.05) is 11.9 Å². The molecule has 0 unspecified atom stereocenters. The second kappa shape index (κ2) is 6.48. The van der Waals surface area contributed by atoms with E-state index in [-0.39, 0.29) is 12.5 Å². The number of nitrogens with one attached hydrogen (secondary N) is 1. The number of benzene rings is 2. The van der Waals surface area contributed by atoms with E-state index in [1.807, 2.05) is 62.4 Å². The van der Waals surface area contributed by atoms with Crippen LogP contribution in [0.1, 0.15) is 11.1 Å². The van der Waals surface area contributed by atoms with Crippen molar-refractivity contribution in [1.82, 2.24) is 4.98 Å². The van der Waals surface area contributed by atoms with Gasteiger partial charge in [0.15, 0.2) is 6.61 Å². The van der Waals surface area contributed by atoms with Crippen LogP contribution in [-0.2, 0) is 4.79 Å². The van der Waals surface area contributed by atoms with Gasteiger partial charge in [0.05, 0.1) is 17.4 Å². The lowest BCUT2D eigenvalue weighted by atomic mass is 10.1. The van der Waals surface area contributed by atoms with Crippen LogP contribution in [0.5, 0.6) is 5.75 Å². The van der Waals surface area contributed by atoms with Crippen molar-refractivity contribution in [3.8, 4) is 5.75 Å². The predicted octanol–water partition coefficient (Wildman–Crippen LogP) is 3.87. The van der Waals surface area contributed by atoms with Crippen LogP contribution in [0, 0.1) is 13.8 Å². The number of aromatic nitrogens is 1. The lowest BCUT2D eigenvalue weighted by Crippen LogP contribution is -2.20. The lowest BCUT2D eigenvalue weighted by molar-refractivity contribution is -0.118. The molecular formula is C19H18N2O2. The molecule has 0 saturated heterocycles. The van der Waals surface area contributed by atoms with Crippen molar-refractivity contribution in [3.63, 3.8) is 0 Å². The number of aryl methyl sites for hydroxylation is 2. The molecule has 0 saturated carbocycles. The van der Waals surface area contributed by atoms with E-state index in [0.29, 0.717) is 5.69 Å². The number of amides is 1. The number of hydrogen-bond acceptors (Lipinski definition) is 3. The van der Waals surface area contributed by atoms with Crippen LogP contribution in [0.4, 0.5) is 5.69 Å². The van der Waals surface area contributed by atoms with Crippen LogP contribution in [0.15, 0.2) is 54.7 Å². The Labute approximate surface area is 135 Å². The first-order valence-electron chi connectivity index (χ1n) is 7.46. The maximum atomic E-state index is 12.0. The van der Waals surface area contributed by atoms with Gasteiger partial charge in [-0.05, 0) is 37.6 Å². The first-order valence-corrected chi connectivity index (χ1v) is 7.46. The minimum atomic E-state index is -0.206. The fourth-order valence-corrected chi connectivity index (χ4v) is 2.44. The number of carbonyl (C=O) groups is 1. The van der Waals surface area contributed by atoms with Gasteiger partial charge in [-0.3, -0.25) is 9.78 Å². The van der Waals surface area contributed by atoms with Crippen molar-refractivity contribution in [2.45, 2.75) is 13.8 Å². The quantitative estimate of drug-likeness (QED) is 0.796. The second-order valence-corrected chi connectivity index (χ2v) is 5.52. The Morgan fingerprint density at radius 2 is 1.96 bits per heavy atom. The smallest absolute Gasteiger partial charge is 0.262 e. The molecule has 1 N–H and O–H groups in total. The van der Waals surface area contributed by atoms with Gasteiger partial charge < -0.3 is 10.1 Å². The maximum absolute atomic E-state index is 12.0. The van der Waals surface area contributed by atoms with E-state index in [9.17, 15) is 4.79 Å². The molecule has 0 radical (unpaired) electrons. The van der Waals surface area contributed by atoms with Crippen LogP contribution in [0.2, 0.25) is 0 Å². The molecule has 0 spiro atoms. The number of nitrogens with zero attached hydrogens (tertiary/aromatic N) is 1. The van der Waals surface area contributed by atoms with Crippen LogP contribution in [0.25, 0.3) is 10.9 Å². The standard InChI is InChI=1S/C19H18N2O2/c1-13-7-8-18(14(2)9-13)23-12-19(22)21-16-10-15-5-3-4-6-17(15)20-11-16/h3-11H,12H2,1-2H3,(H,21,22). The van der Waals surface area contributed by atoms with Gasteiger partial charge in [-0.2, -0.15) is 0 Å². The molecule has 4 nitrogen and oxygen atoms in total. The number of ether oxygens (including phenoxy) is 1. The molecule has 23 heavy (non-hydrogen) atoms. The Kier molecular flexibility index (Phi) is 4.24. The van der Waals surface area contributed by atoms with Crippen LogP contribution in [-0.4, -0.2) is 17.5 Å². The van der Waals surface area contributed by atoms with Crippen molar-refractivity contribution in [3.05, 3.63) is 65.9 Å². The molecular weight excluding hydrogens is 288 g/mol. The summed E-state index contributed by atoms with van der Waals surface area (Å²) >= 11 is 0. The summed E-state index contributed by atoms with van der Waals surface area (Å²) in [5.74, 6) is 0.518. The van der Waals surface area contributed by atoms with Gasteiger partial charge in [0.1, 0.15) is 5.75 Å². The summed E-state index contributed by atoms with van der Waals surface area (Å²) in [5, 5.41) is 3.80. The van der Waals surface area contributed by atoms with Gasteiger partial charge in [-0.1, -0.05) is 35.9 Å². The molecule has 1 amide bonds. The molecule has 0 fully saturated rings. The number of carbonyl (C=O) groups excluding carboxylic acids is 1. The number of para-hydroxylation sites is 1. The Hall–Kier alpha value is -2.88. The normalized spacial score (nSPS) is 10.5. The second-order valence-electron chi connectivity index (χ2n) is 5.52. The number of hydrogen-bond donors (Lipinski definition) is 1. The molecule has 0 aliphatic heterocycles. The van der Waals surface area contributed by atoms with Crippen LogP contribution in [0.3, 0.4) is 0 Å². The van der Waals surface area contributed by atoms with Crippen molar-refractivity contribution >= 4 is 22.5 Å². The zero-order valence-corrected chi connectivity index (χ0v) is 13.2. The van der Waals surface area contributed by atoms with E-state index in [1.54, 1.807) is 6.20 Å². The molecule has 4 heteroatoms. The summed E-state index contributed by atoms with van der Waals surface area (Å²) in [6.45, 7) is 3.96. The van der Waals surface area contributed by atoms with Crippen molar-refractivity contribution in [1.29, 1.82) is 0 Å². The minimum Gasteiger partial charge on any atom is -0.483 e. The van der Waals surface area contributed by atoms with E-state index in [0.717, 1.165) is 22.2 Å². The minimum absolute atomic E-state index is 0.0310. The van der Waals surface area contributed by atoms with E-state index < -0.39 is 0 Å². The highest BCUT2D eigenvalue weighted by molar-refractivity contribution is 5.94. The molecule has 3 aromatic rings. The SMILES string of the molecule is Cc1ccc(OCC(=O)Nc2cnc3ccccc3c2)c(C)c1. The molecule has 0 bridgehead atoms. The van der Waals surface area contributed by atoms with Gasteiger partial charge >= 0.3 is 0 Å². The summed E-state index contributed by atoms with van der Waals surface area (Å²) in [4.78, 5) is 16.4. The van der Waals surface area contributed by atoms with E-state index in [1.165, 1.54) is 5.56 Å². The highest BCUT2D eigenvalue weighted by Crippen LogP contribution is 2.19. The van der Waals surface area contributed by atoms with Gasteiger partial charge in [-0.15, -0.1) is 0 Å². The molecule has 1 aromatic heterocycles. The number of rotatable bonds is 4. The molecule has 3 rings (SSSR count). The van der Waals surface area contributed by atoms with Crippen molar-refractivity contribution < 1.29 is 9.53 Å². The Morgan fingerprint density at radius 1 is 1.13 bits per heavy atom. The highest BCUT2D eigenvalue weighted by Gasteiger charge is 2.06. The summed E-state index contributed by atoms with van der Waals surface area (Å²) in [6.07, 6.45) is 1.65. The lowest BCUT2D eigenvalue weighted by Gasteiger charge is -2.10. The maximum Gasteiger partial charge on any atom is 0.262 e. The Bertz CT molecular complexity index is 859. The van der Waals surface area contributed by atoms with Gasteiger partial charge in [0.25, 0.3) is 5.91 Å². The Morgan fingerprint density at radius 3 is 2.78 bits per heavy atom. The zero-order valence-electron chi connectivity index (χ0n) is 13.2. The largest absolute Gasteiger partial charge is 0.483 e.